The van der Waals surface area contributed by atoms with E-state index in [9.17, 15) is 9.59 Å². The van der Waals surface area contributed by atoms with E-state index in [0.717, 1.165) is 10.9 Å². The van der Waals surface area contributed by atoms with Gasteiger partial charge in [-0.2, -0.15) is 0 Å². The Morgan fingerprint density at radius 2 is 2.10 bits per heavy atom. The normalized spacial score (nSPS) is 22.9. The number of hydrogen-bond donors (Lipinski definition) is 1. The summed E-state index contributed by atoms with van der Waals surface area (Å²) in [5, 5.41) is 3.21. The number of halogens is 2. The van der Waals surface area contributed by atoms with Crippen molar-refractivity contribution in [2.75, 3.05) is 4.90 Å². The van der Waals surface area contributed by atoms with Crippen LogP contribution in [-0.2, 0) is 9.59 Å². The zero-order valence-corrected chi connectivity index (χ0v) is 13.7. The number of nitrogens with zero attached hydrogens (tertiary/aromatic N) is 1. The lowest BCUT2D eigenvalue weighted by Crippen LogP contribution is -2.62. The molecule has 2 unspecified atom stereocenters. The third kappa shape index (κ3) is 2.83. The average molecular weight is 360 g/mol. The first-order chi connectivity index (χ1) is 9.45. The maximum absolute atomic E-state index is 12.5. The number of piperazine rings is 1. The van der Waals surface area contributed by atoms with E-state index in [1.54, 1.807) is 19.1 Å². The lowest BCUT2D eigenvalue weighted by atomic mass is 10.0. The van der Waals surface area contributed by atoms with Gasteiger partial charge in [0.1, 0.15) is 12.1 Å². The van der Waals surface area contributed by atoms with Gasteiger partial charge in [-0.3, -0.25) is 14.5 Å². The minimum absolute atomic E-state index is 0.108. The Morgan fingerprint density at radius 3 is 2.70 bits per heavy atom. The van der Waals surface area contributed by atoms with Crippen molar-refractivity contribution >= 4 is 45.0 Å². The SMILES string of the molecule is CCCC1NC(=O)C(C)N(c2ccc(Br)cc2Cl)C1=O. The summed E-state index contributed by atoms with van der Waals surface area (Å²) in [7, 11) is 0. The molecule has 2 rings (SSSR count). The van der Waals surface area contributed by atoms with Crippen molar-refractivity contribution in [3.63, 3.8) is 0 Å². The van der Waals surface area contributed by atoms with Gasteiger partial charge in [-0.25, -0.2) is 0 Å². The number of benzene rings is 1. The van der Waals surface area contributed by atoms with Gasteiger partial charge >= 0.3 is 0 Å². The maximum atomic E-state index is 12.5. The first-order valence-corrected chi connectivity index (χ1v) is 7.71. The second-order valence-electron chi connectivity index (χ2n) is 4.83. The van der Waals surface area contributed by atoms with Crippen LogP contribution < -0.4 is 10.2 Å². The van der Waals surface area contributed by atoms with Crippen LogP contribution in [0.3, 0.4) is 0 Å². The fourth-order valence-electron chi connectivity index (χ4n) is 2.32. The van der Waals surface area contributed by atoms with Gasteiger partial charge in [-0.05, 0) is 31.5 Å². The van der Waals surface area contributed by atoms with Crippen LogP contribution >= 0.6 is 27.5 Å². The molecule has 0 aromatic heterocycles. The Balaban J connectivity index is 2.40. The molecule has 0 bridgehead atoms. The molecule has 2 atom stereocenters. The topological polar surface area (TPSA) is 49.4 Å². The molecule has 1 heterocycles. The molecule has 1 aromatic carbocycles. The summed E-state index contributed by atoms with van der Waals surface area (Å²) in [4.78, 5) is 26.1. The zero-order chi connectivity index (χ0) is 14.9. The molecule has 1 aromatic rings. The number of hydrogen-bond acceptors (Lipinski definition) is 2. The average Bonchev–Trinajstić information content (AvgIpc) is 2.39. The van der Waals surface area contributed by atoms with Crippen molar-refractivity contribution in [1.29, 1.82) is 0 Å². The van der Waals surface area contributed by atoms with Gasteiger partial charge in [0.15, 0.2) is 0 Å². The third-order valence-electron chi connectivity index (χ3n) is 3.37. The Kier molecular flexibility index (Phi) is 4.70. The first kappa shape index (κ1) is 15.3. The van der Waals surface area contributed by atoms with Gasteiger partial charge in [-0.1, -0.05) is 40.9 Å². The van der Waals surface area contributed by atoms with Gasteiger partial charge in [0.25, 0.3) is 0 Å². The van der Waals surface area contributed by atoms with Gasteiger partial charge < -0.3 is 5.32 Å². The second kappa shape index (κ2) is 6.14. The predicted octanol–water partition coefficient (Wildman–Crippen LogP) is 3.12. The van der Waals surface area contributed by atoms with Crippen LogP contribution in [0.5, 0.6) is 0 Å². The van der Waals surface area contributed by atoms with E-state index < -0.39 is 12.1 Å². The molecule has 6 heteroatoms. The van der Waals surface area contributed by atoms with E-state index in [2.05, 4.69) is 21.2 Å². The lowest BCUT2D eigenvalue weighted by Gasteiger charge is -2.37. The van der Waals surface area contributed by atoms with Crippen LogP contribution in [0, 0.1) is 0 Å². The molecule has 1 aliphatic rings. The maximum Gasteiger partial charge on any atom is 0.250 e. The van der Waals surface area contributed by atoms with E-state index in [-0.39, 0.29) is 11.8 Å². The van der Waals surface area contributed by atoms with Crippen molar-refractivity contribution in [3.8, 4) is 0 Å². The molecule has 4 nitrogen and oxygen atoms in total. The number of carbonyl (C=O) groups is 2. The highest BCUT2D eigenvalue weighted by Crippen LogP contribution is 2.32. The molecular formula is C14H16BrClN2O2. The Bertz CT molecular complexity index is 550. The number of carbonyl (C=O) groups excluding carboxylic acids is 2. The molecule has 0 spiro atoms. The molecule has 1 fully saturated rings. The van der Waals surface area contributed by atoms with Crippen molar-refractivity contribution < 1.29 is 9.59 Å². The summed E-state index contributed by atoms with van der Waals surface area (Å²) in [5.74, 6) is -0.259. The Labute approximate surface area is 131 Å². The number of anilines is 1. The summed E-state index contributed by atoms with van der Waals surface area (Å²) in [5.41, 5.74) is 0.573. The van der Waals surface area contributed by atoms with Gasteiger partial charge in [0, 0.05) is 4.47 Å². The summed E-state index contributed by atoms with van der Waals surface area (Å²) >= 11 is 9.54. The largest absolute Gasteiger partial charge is 0.342 e. The molecule has 20 heavy (non-hydrogen) atoms. The molecule has 1 saturated heterocycles. The summed E-state index contributed by atoms with van der Waals surface area (Å²) < 4.78 is 0.831. The summed E-state index contributed by atoms with van der Waals surface area (Å²) in [6.07, 6.45) is 1.45. The number of nitrogens with one attached hydrogen (secondary N) is 1. The third-order valence-corrected chi connectivity index (χ3v) is 4.16. The summed E-state index contributed by atoms with van der Waals surface area (Å²) in [6, 6.07) is 4.25. The van der Waals surface area contributed by atoms with Crippen LogP contribution in [0.25, 0.3) is 0 Å². The number of amides is 2. The molecule has 108 valence electrons. The quantitative estimate of drug-likeness (QED) is 0.901. The van der Waals surface area contributed by atoms with Crippen molar-refractivity contribution in [2.45, 2.75) is 38.8 Å². The fourth-order valence-corrected chi connectivity index (χ4v) is 3.08. The van der Waals surface area contributed by atoms with Crippen LogP contribution in [0.2, 0.25) is 5.02 Å². The standard InChI is InChI=1S/C14H16BrClN2O2/c1-3-4-11-14(20)18(8(2)13(19)17-11)12-6-5-9(15)7-10(12)16/h5-8,11H,3-4H2,1-2H3,(H,17,19). The summed E-state index contributed by atoms with van der Waals surface area (Å²) in [6.45, 7) is 3.68. The van der Waals surface area contributed by atoms with Crippen molar-refractivity contribution in [1.82, 2.24) is 5.32 Å². The van der Waals surface area contributed by atoms with Crippen molar-refractivity contribution in [2.24, 2.45) is 0 Å². The van der Waals surface area contributed by atoms with E-state index in [1.165, 1.54) is 4.90 Å². The molecule has 1 aliphatic heterocycles. The first-order valence-electron chi connectivity index (χ1n) is 6.54. The number of rotatable bonds is 3. The van der Waals surface area contributed by atoms with Crippen LogP contribution in [-0.4, -0.2) is 23.9 Å². The smallest absolute Gasteiger partial charge is 0.250 e. The second-order valence-corrected chi connectivity index (χ2v) is 6.15. The molecular weight excluding hydrogens is 344 g/mol. The van der Waals surface area contributed by atoms with E-state index in [4.69, 9.17) is 11.6 Å². The fraction of sp³-hybridized carbons (Fsp3) is 0.429. The van der Waals surface area contributed by atoms with Crippen LogP contribution in [0.1, 0.15) is 26.7 Å². The van der Waals surface area contributed by atoms with Crippen LogP contribution in [0.4, 0.5) is 5.69 Å². The minimum atomic E-state index is -0.561. The van der Waals surface area contributed by atoms with E-state index in [1.807, 2.05) is 13.0 Å². The molecule has 1 N–H and O–H groups in total. The van der Waals surface area contributed by atoms with Gasteiger partial charge in [0.2, 0.25) is 11.8 Å². The molecule has 2 amide bonds. The van der Waals surface area contributed by atoms with Gasteiger partial charge in [-0.15, -0.1) is 0 Å². The monoisotopic (exact) mass is 358 g/mol. The minimum Gasteiger partial charge on any atom is -0.342 e. The Morgan fingerprint density at radius 1 is 1.40 bits per heavy atom. The molecule has 0 aliphatic carbocycles. The van der Waals surface area contributed by atoms with E-state index in [0.29, 0.717) is 17.1 Å². The Hall–Kier alpha value is -1.07. The highest BCUT2D eigenvalue weighted by Gasteiger charge is 2.39. The zero-order valence-electron chi connectivity index (χ0n) is 11.3. The predicted molar refractivity (Wildman–Crippen MR) is 82.9 cm³/mol. The highest BCUT2D eigenvalue weighted by atomic mass is 79.9. The molecule has 0 radical (unpaired) electrons. The van der Waals surface area contributed by atoms with Crippen molar-refractivity contribution in [3.05, 3.63) is 27.7 Å². The molecule has 0 saturated carbocycles. The van der Waals surface area contributed by atoms with E-state index >= 15 is 0 Å². The highest BCUT2D eigenvalue weighted by molar-refractivity contribution is 9.10. The van der Waals surface area contributed by atoms with Crippen LogP contribution in [0.15, 0.2) is 22.7 Å². The van der Waals surface area contributed by atoms with Gasteiger partial charge in [0.05, 0.1) is 10.7 Å². The lowest BCUT2D eigenvalue weighted by molar-refractivity contribution is -0.133.